The predicted molar refractivity (Wildman–Crippen MR) is 114 cm³/mol. The first-order valence-corrected chi connectivity index (χ1v) is 10.5. The Kier molecular flexibility index (Phi) is 6.19. The Morgan fingerprint density at radius 2 is 0.731 bits per heavy atom. The van der Waals surface area contributed by atoms with Crippen LogP contribution in [0.5, 0.6) is 0 Å². The van der Waals surface area contributed by atoms with Gasteiger partial charge in [-0.1, -0.05) is 109 Å². The largest absolute Gasteiger partial charge is 0.310 e. The van der Waals surface area contributed by atoms with Gasteiger partial charge in [-0.05, 0) is 34.1 Å². The van der Waals surface area contributed by atoms with Crippen LogP contribution in [0.2, 0.25) is 0 Å². The first kappa shape index (κ1) is 17.9. The molecular formula is C24H21OP. The van der Waals surface area contributed by atoms with Crippen LogP contribution in [-0.4, -0.2) is 0 Å². The third-order valence-electron chi connectivity index (χ3n) is 3.90. The summed E-state index contributed by atoms with van der Waals surface area (Å²) in [4.78, 5) is 0. The fraction of sp³-hybridized carbons (Fsp3) is 0. The van der Waals surface area contributed by atoms with Crippen molar-refractivity contribution in [3.63, 3.8) is 0 Å². The van der Waals surface area contributed by atoms with Gasteiger partial charge in [0.1, 0.15) is 7.14 Å². The van der Waals surface area contributed by atoms with E-state index in [0.717, 1.165) is 16.7 Å². The molecule has 3 rings (SSSR count). The van der Waals surface area contributed by atoms with E-state index in [-0.39, 0.29) is 0 Å². The Hall–Kier alpha value is -2.89. The van der Waals surface area contributed by atoms with E-state index >= 15 is 0 Å². The molecule has 0 amide bonds. The minimum Gasteiger partial charge on any atom is -0.310 e. The van der Waals surface area contributed by atoms with Crippen LogP contribution in [0.15, 0.2) is 108 Å². The van der Waals surface area contributed by atoms with E-state index in [1.54, 1.807) is 17.5 Å². The third-order valence-corrected chi connectivity index (χ3v) is 5.74. The first-order valence-electron chi connectivity index (χ1n) is 8.56. The summed E-state index contributed by atoms with van der Waals surface area (Å²) in [6, 6.07) is 29.8. The summed E-state index contributed by atoms with van der Waals surface area (Å²) in [7, 11) is -2.76. The monoisotopic (exact) mass is 356 g/mol. The van der Waals surface area contributed by atoms with Crippen molar-refractivity contribution in [2.24, 2.45) is 0 Å². The number of benzene rings is 3. The highest BCUT2D eigenvalue weighted by atomic mass is 31.2. The van der Waals surface area contributed by atoms with Crippen LogP contribution in [0.25, 0.3) is 18.2 Å². The van der Waals surface area contributed by atoms with Crippen molar-refractivity contribution in [1.29, 1.82) is 0 Å². The maximum absolute atomic E-state index is 13.5. The molecule has 0 saturated carbocycles. The molecule has 0 radical (unpaired) electrons. The van der Waals surface area contributed by atoms with E-state index in [4.69, 9.17) is 0 Å². The second kappa shape index (κ2) is 8.99. The zero-order chi connectivity index (χ0) is 18.1. The molecule has 0 heterocycles. The minimum absolute atomic E-state index is 1.04. The highest BCUT2D eigenvalue weighted by Gasteiger charge is 2.09. The highest BCUT2D eigenvalue weighted by molar-refractivity contribution is 7.73. The van der Waals surface area contributed by atoms with Gasteiger partial charge in [0, 0.05) is 0 Å². The Bertz CT molecular complexity index is 812. The zero-order valence-corrected chi connectivity index (χ0v) is 15.4. The van der Waals surface area contributed by atoms with Crippen LogP contribution in [0.1, 0.15) is 16.7 Å². The van der Waals surface area contributed by atoms with Crippen LogP contribution in [0.4, 0.5) is 0 Å². The molecule has 0 bridgehead atoms. The molecule has 0 aromatic heterocycles. The lowest BCUT2D eigenvalue weighted by atomic mass is 10.2. The second-order valence-electron chi connectivity index (χ2n) is 5.94. The van der Waals surface area contributed by atoms with Crippen molar-refractivity contribution in [2.75, 3.05) is 0 Å². The Labute approximate surface area is 155 Å². The van der Waals surface area contributed by atoms with Gasteiger partial charge in [-0.2, -0.15) is 0 Å². The molecule has 0 unspecified atom stereocenters. The van der Waals surface area contributed by atoms with Crippen molar-refractivity contribution in [3.05, 3.63) is 125 Å². The van der Waals surface area contributed by atoms with E-state index in [0.29, 0.717) is 0 Å². The van der Waals surface area contributed by atoms with Gasteiger partial charge >= 0.3 is 0 Å². The molecule has 0 saturated heterocycles. The molecule has 3 aromatic carbocycles. The van der Waals surface area contributed by atoms with Crippen LogP contribution >= 0.6 is 7.14 Å². The smallest absolute Gasteiger partial charge is 0.150 e. The van der Waals surface area contributed by atoms with E-state index in [9.17, 15) is 4.57 Å². The van der Waals surface area contributed by atoms with Gasteiger partial charge < -0.3 is 4.57 Å². The highest BCUT2D eigenvalue weighted by Crippen LogP contribution is 2.52. The molecule has 0 aliphatic heterocycles. The summed E-state index contributed by atoms with van der Waals surface area (Å²) < 4.78 is 13.5. The van der Waals surface area contributed by atoms with E-state index in [1.807, 2.05) is 109 Å². The number of rotatable bonds is 6. The van der Waals surface area contributed by atoms with Crippen molar-refractivity contribution in [1.82, 2.24) is 0 Å². The SMILES string of the molecule is O=P(/C=C\c1ccccc1)(/C=C\c1ccccc1)/C=C\c1ccccc1. The van der Waals surface area contributed by atoms with Crippen LogP contribution in [0.3, 0.4) is 0 Å². The first-order chi connectivity index (χ1) is 12.7. The maximum Gasteiger partial charge on any atom is 0.150 e. The topological polar surface area (TPSA) is 17.1 Å². The van der Waals surface area contributed by atoms with Gasteiger partial charge in [0.25, 0.3) is 0 Å². The van der Waals surface area contributed by atoms with Gasteiger partial charge in [0.15, 0.2) is 0 Å². The Balaban J connectivity index is 1.89. The molecule has 26 heavy (non-hydrogen) atoms. The van der Waals surface area contributed by atoms with E-state index in [1.165, 1.54) is 0 Å². The molecule has 0 spiro atoms. The molecule has 0 aliphatic rings. The molecule has 128 valence electrons. The third kappa shape index (κ3) is 5.58. The summed E-state index contributed by atoms with van der Waals surface area (Å²) in [6.07, 6.45) is 5.77. The Morgan fingerprint density at radius 3 is 1.00 bits per heavy atom. The average Bonchev–Trinajstić information content (AvgIpc) is 2.72. The molecular weight excluding hydrogens is 335 g/mol. The summed E-state index contributed by atoms with van der Waals surface area (Å²) in [6.45, 7) is 0. The second-order valence-corrected chi connectivity index (χ2v) is 8.36. The molecule has 0 fully saturated rings. The van der Waals surface area contributed by atoms with E-state index < -0.39 is 7.14 Å². The van der Waals surface area contributed by atoms with Crippen LogP contribution in [0, 0.1) is 0 Å². The van der Waals surface area contributed by atoms with Gasteiger partial charge in [0.2, 0.25) is 0 Å². The lowest BCUT2D eigenvalue weighted by molar-refractivity contribution is 0.591. The van der Waals surface area contributed by atoms with Crippen LogP contribution in [-0.2, 0) is 4.57 Å². The molecule has 2 heteroatoms. The van der Waals surface area contributed by atoms with Gasteiger partial charge in [-0.3, -0.25) is 0 Å². The number of hydrogen-bond acceptors (Lipinski definition) is 1. The van der Waals surface area contributed by atoms with Crippen molar-refractivity contribution in [2.45, 2.75) is 0 Å². The molecule has 0 aliphatic carbocycles. The lowest BCUT2D eigenvalue weighted by Crippen LogP contribution is -1.74. The predicted octanol–water partition coefficient (Wildman–Crippen LogP) is 7.36. The summed E-state index contributed by atoms with van der Waals surface area (Å²) in [5.74, 6) is 5.42. The van der Waals surface area contributed by atoms with Gasteiger partial charge in [-0.15, -0.1) is 0 Å². The Morgan fingerprint density at radius 1 is 0.462 bits per heavy atom. The van der Waals surface area contributed by atoms with Crippen molar-refractivity contribution in [3.8, 4) is 0 Å². The van der Waals surface area contributed by atoms with Crippen molar-refractivity contribution >= 4 is 25.4 Å². The minimum atomic E-state index is -2.76. The standard InChI is InChI=1S/C24H21OP/c25-26(19-16-22-10-4-1-5-11-22,20-17-23-12-6-2-7-13-23)21-18-24-14-8-3-9-15-24/h1-21H/b19-16-,20-17-,21-18-. The fourth-order valence-electron chi connectivity index (χ4n) is 2.45. The van der Waals surface area contributed by atoms with Crippen LogP contribution < -0.4 is 0 Å². The fourth-order valence-corrected chi connectivity index (χ4v) is 3.96. The van der Waals surface area contributed by atoms with Crippen molar-refractivity contribution < 1.29 is 4.57 Å². The average molecular weight is 356 g/mol. The van der Waals surface area contributed by atoms with Gasteiger partial charge in [-0.25, -0.2) is 0 Å². The summed E-state index contributed by atoms with van der Waals surface area (Å²) in [5, 5.41) is 0. The normalized spacial score (nSPS) is 12.3. The lowest BCUT2D eigenvalue weighted by Gasteiger charge is -2.04. The number of hydrogen-bond donors (Lipinski definition) is 0. The van der Waals surface area contributed by atoms with E-state index in [2.05, 4.69) is 0 Å². The maximum atomic E-state index is 13.5. The molecule has 3 aromatic rings. The quantitative estimate of drug-likeness (QED) is 0.422. The van der Waals surface area contributed by atoms with Gasteiger partial charge in [0.05, 0.1) is 0 Å². The summed E-state index contributed by atoms with van der Waals surface area (Å²) >= 11 is 0. The zero-order valence-electron chi connectivity index (χ0n) is 14.5. The molecule has 0 N–H and O–H groups in total. The molecule has 0 atom stereocenters. The molecule has 1 nitrogen and oxygen atoms in total. The summed E-state index contributed by atoms with van der Waals surface area (Å²) in [5.41, 5.74) is 3.11.